The Bertz CT molecular complexity index is 269. The Morgan fingerprint density at radius 2 is 1.83 bits per heavy atom. The van der Waals surface area contributed by atoms with Crippen molar-refractivity contribution in [3.05, 3.63) is 0 Å². The summed E-state index contributed by atoms with van der Waals surface area (Å²) in [5.41, 5.74) is 0. The molecule has 0 heterocycles. The Morgan fingerprint density at radius 3 is 2.33 bits per heavy atom. The van der Waals surface area contributed by atoms with Gasteiger partial charge in [-0.3, -0.25) is 4.79 Å². The second-order valence-corrected chi connectivity index (χ2v) is 4.83. The molecule has 2 atom stereocenters. The first-order valence-corrected chi connectivity index (χ1v) is 6.26. The third-order valence-corrected chi connectivity index (χ3v) is 2.82. The van der Waals surface area contributed by atoms with Crippen LogP contribution in [0.5, 0.6) is 0 Å². The van der Waals surface area contributed by atoms with E-state index in [2.05, 4.69) is 15.5 Å². The molecule has 2 amide bonds. The zero-order valence-corrected chi connectivity index (χ0v) is 11.7. The van der Waals surface area contributed by atoms with Crippen molar-refractivity contribution >= 4 is 12.0 Å². The number of rotatable bonds is 8. The first kappa shape index (κ1) is 16.7. The topological polar surface area (TPSA) is 81.7 Å². The van der Waals surface area contributed by atoms with Crippen molar-refractivity contribution in [2.45, 2.75) is 32.7 Å². The van der Waals surface area contributed by atoms with Gasteiger partial charge in [0.25, 0.3) is 0 Å². The second kappa shape index (κ2) is 8.74. The quantitative estimate of drug-likeness (QED) is 0.561. The largest absolute Gasteiger partial charge is 0.481 e. The molecule has 0 bridgehead atoms. The summed E-state index contributed by atoms with van der Waals surface area (Å²) < 4.78 is 0. The van der Waals surface area contributed by atoms with Crippen LogP contribution in [-0.2, 0) is 4.79 Å². The minimum atomic E-state index is -0.909. The molecule has 0 rings (SSSR count). The number of carboxylic acid groups (broad SMARTS) is 1. The normalized spacial score (nSPS) is 14.1. The highest BCUT2D eigenvalue weighted by Gasteiger charge is 2.20. The lowest BCUT2D eigenvalue weighted by molar-refractivity contribution is -0.141. The highest BCUT2D eigenvalue weighted by molar-refractivity contribution is 5.76. The summed E-state index contributed by atoms with van der Waals surface area (Å²) in [6, 6.07) is -0.690. The molecule has 106 valence electrons. The summed E-state index contributed by atoms with van der Waals surface area (Å²) in [4.78, 5) is 24.3. The Labute approximate surface area is 109 Å². The number of nitrogens with one attached hydrogen (secondary N) is 2. The van der Waals surface area contributed by atoms with Crippen molar-refractivity contribution in [3.8, 4) is 0 Å². The fraction of sp³-hybridized carbons (Fsp3) is 0.833. The molecule has 3 N–H and O–H groups in total. The second-order valence-electron chi connectivity index (χ2n) is 4.83. The van der Waals surface area contributed by atoms with Crippen molar-refractivity contribution in [1.82, 2.24) is 15.5 Å². The molecule has 0 aliphatic carbocycles. The molecular weight excluding hydrogens is 234 g/mol. The van der Waals surface area contributed by atoms with Crippen LogP contribution in [-0.4, -0.2) is 55.2 Å². The molecule has 0 aromatic heterocycles. The Hall–Kier alpha value is -1.30. The van der Waals surface area contributed by atoms with Crippen molar-refractivity contribution in [1.29, 1.82) is 0 Å². The smallest absolute Gasteiger partial charge is 0.315 e. The van der Waals surface area contributed by atoms with Gasteiger partial charge in [0.1, 0.15) is 0 Å². The maximum absolute atomic E-state index is 11.5. The van der Waals surface area contributed by atoms with Crippen molar-refractivity contribution in [3.63, 3.8) is 0 Å². The molecule has 0 aromatic carbocycles. The molecular formula is C12H25N3O3. The van der Waals surface area contributed by atoms with Gasteiger partial charge in [-0.1, -0.05) is 0 Å². The number of nitrogens with zero attached hydrogens (tertiary/aromatic N) is 1. The third kappa shape index (κ3) is 7.89. The molecule has 0 aromatic rings. The van der Waals surface area contributed by atoms with E-state index in [1.165, 1.54) is 0 Å². The van der Waals surface area contributed by atoms with Gasteiger partial charge < -0.3 is 20.6 Å². The summed E-state index contributed by atoms with van der Waals surface area (Å²) in [6.45, 7) is 4.86. The molecule has 0 saturated heterocycles. The van der Waals surface area contributed by atoms with Gasteiger partial charge in [0.2, 0.25) is 0 Å². The minimum absolute atomic E-state index is 0.305. The number of amides is 2. The molecule has 18 heavy (non-hydrogen) atoms. The van der Waals surface area contributed by atoms with Crippen LogP contribution in [0.2, 0.25) is 0 Å². The predicted molar refractivity (Wildman–Crippen MR) is 70.6 cm³/mol. The lowest BCUT2D eigenvalue weighted by Gasteiger charge is -2.18. The number of unbranched alkanes of at least 4 members (excludes halogenated alkanes) is 1. The standard InChI is InChI=1S/C12H25N3O3/c1-9(11(16)17)10(2)14-12(18)13-7-5-6-8-15(3)4/h9-10H,5-8H2,1-4H3,(H,16,17)(H2,13,14,18). The zero-order chi connectivity index (χ0) is 14.1. The number of aliphatic carboxylic acids is 1. The Kier molecular flexibility index (Phi) is 8.11. The van der Waals surface area contributed by atoms with E-state index in [9.17, 15) is 9.59 Å². The van der Waals surface area contributed by atoms with Crippen LogP contribution in [0.1, 0.15) is 26.7 Å². The third-order valence-electron chi connectivity index (χ3n) is 2.82. The van der Waals surface area contributed by atoms with E-state index in [1.807, 2.05) is 14.1 Å². The summed E-state index contributed by atoms with van der Waals surface area (Å²) in [6.07, 6.45) is 1.93. The van der Waals surface area contributed by atoms with Crippen LogP contribution < -0.4 is 10.6 Å². The van der Waals surface area contributed by atoms with E-state index in [-0.39, 0.29) is 12.1 Å². The maximum atomic E-state index is 11.5. The lowest BCUT2D eigenvalue weighted by atomic mass is 10.0. The van der Waals surface area contributed by atoms with Gasteiger partial charge in [-0.2, -0.15) is 0 Å². The summed E-state index contributed by atoms with van der Waals surface area (Å²) in [7, 11) is 4.02. The summed E-state index contributed by atoms with van der Waals surface area (Å²) in [5, 5.41) is 14.1. The van der Waals surface area contributed by atoms with E-state index in [4.69, 9.17) is 5.11 Å². The Balaban J connectivity index is 3.68. The van der Waals surface area contributed by atoms with Crippen LogP contribution in [0.4, 0.5) is 4.79 Å². The fourth-order valence-corrected chi connectivity index (χ4v) is 1.35. The van der Waals surface area contributed by atoms with Crippen LogP contribution in [0.3, 0.4) is 0 Å². The number of carbonyl (C=O) groups is 2. The number of carbonyl (C=O) groups excluding carboxylic acids is 1. The zero-order valence-electron chi connectivity index (χ0n) is 11.7. The summed E-state index contributed by atoms with van der Waals surface area (Å²) >= 11 is 0. The first-order valence-electron chi connectivity index (χ1n) is 6.26. The molecule has 0 aliphatic heterocycles. The van der Waals surface area contributed by atoms with E-state index in [0.29, 0.717) is 6.54 Å². The highest BCUT2D eigenvalue weighted by Crippen LogP contribution is 2.01. The molecule has 2 unspecified atom stereocenters. The van der Waals surface area contributed by atoms with Crippen LogP contribution in [0.15, 0.2) is 0 Å². The predicted octanol–water partition coefficient (Wildman–Crippen LogP) is 0.737. The fourth-order valence-electron chi connectivity index (χ4n) is 1.35. The Morgan fingerprint density at radius 1 is 1.22 bits per heavy atom. The van der Waals surface area contributed by atoms with Gasteiger partial charge in [-0.15, -0.1) is 0 Å². The number of hydrogen-bond acceptors (Lipinski definition) is 3. The monoisotopic (exact) mass is 259 g/mol. The van der Waals surface area contributed by atoms with Gasteiger partial charge in [0, 0.05) is 12.6 Å². The molecule has 0 radical (unpaired) electrons. The molecule has 0 saturated carbocycles. The summed E-state index contributed by atoms with van der Waals surface area (Å²) in [5.74, 6) is -1.50. The molecule has 6 heteroatoms. The number of carboxylic acids is 1. The minimum Gasteiger partial charge on any atom is -0.481 e. The van der Waals surface area contributed by atoms with Gasteiger partial charge >= 0.3 is 12.0 Å². The van der Waals surface area contributed by atoms with Gasteiger partial charge in [-0.25, -0.2) is 4.79 Å². The highest BCUT2D eigenvalue weighted by atomic mass is 16.4. The lowest BCUT2D eigenvalue weighted by Crippen LogP contribution is -2.45. The van der Waals surface area contributed by atoms with Gasteiger partial charge in [0.15, 0.2) is 0 Å². The number of hydrogen-bond donors (Lipinski definition) is 3. The van der Waals surface area contributed by atoms with E-state index >= 15 is 0 Å². The van der Waals surface area contributed by atoms with Crippen molar-refractivity contribution < 1.29 is 14.7 Å². The van der Waals surface area contributed by atoms with E-state index < -0.39 is 11.9 Å². The van der Waals surface area contributed by atoms with Crippen molar-refractivity contribution in [2.24, 2.45) is 5.92 Å². The molecule has 6 nitrogen and oxygen atoms in total. The SMILES string of the molecule is CC(NC(=O)NCCCCN(C)C)C(C)C(=O)O. The maximum Gasteiger partial charge on any atom is 0.315 e. The van der Waals surface area contributed by atoms with Crippen molar-refractivity contribution in [2.75, 3.05) is 27.2 Å². The number of urea groups is 1. The molecule has 0 spiro atoms. The van der Waals surface area contributed by atoms with Crippen LogP contribution in [0.25, 0.3) is 0 Å². The van der Waals surface area contributed by atoms with E-state index in [0.717, 1.165) is 19.4 Å². The first-order chi connectivity index (χ1) is 8.34. The molecule has 0 aliphatic rings. The van der Waals surface area contributed by atoms with E-state index in [1.54, 1.807) is 13.8 Å². The average molecular weight is 259 g/mol. The van der Waals surface area contributed by atoms with Gasteiger partial charge in [0.05, 0.1) is 5.92 Å². The molecule has 0 fully saturated rings. The average Bonchev–Trinajstić information content (AvgIpc) is 2.26. The van der Waals surface area contributed by atoms with Crippen LogP contribution in [0, 0.1) is 5.92 Å². The van der Waals surface area contributed by atoms with Gasteiger partial charge in [-0.05, 0) is 47.3 Å². The van der Waals surface area contributed by atoms with Crippen LogP contribution >= 0.6 is 0 Å².